The summed E-state index contributed by atoms with van der Waals surface area (Å²) < 4.78 is 5.03. The molecule has 1 saturated carbocycles. The van der Waals surface area contributed by atoms with Gasteiger partial charge in [0.2, 0.25) is 5.91 Å². The van der Waals surface area contributed by atoms with Crippen LogP contribution in [0.3, 0.4) is 0 Å². The SMILES string of the molecule is CCCCC(COC)NC(=O)C1(C(=O)O)CC1. The Morgan fingerprint density at radius 2 is 2.12 bits per heavy atom. The Hall–Kier alpha value is -1.10. The van der Waals surface area contributed by atoms with Crippen LogP contribution in [0.15, 0.2) is 0 Å². The number of carboxylic acid groups (broad SMARTS) is 1. The summed E-state index contributed by atoms with van der Waals surface area (Å²) in [4.78, 5) is 22.9. The Balaban J connectivity index is 2.49. The van der Waals surface area contributed by atoms with E-state index in [0.29, 0.717) is 19.4 Å². The van der Waals surface area contributed by atoms with Crippen molar-refractivity contribution in [2.24, 2.45) is 5.41 Å². The minimum Gasteiger partial charge on any atom is -0.480 e. The molecule has 1 fully saturated rings. The summed E-state index contributed by atoms with van der Waals surface area (Å²) in [5.41, 5.74) is -1.15. The summed E-state index contributed by atoms with van der Waals surface area (Å²) in [7, 11) is 1.58. The zero-order chi connectivity index (χ0) is 12.9. The Morgan fingerprint density at radius 3 is 2.53 bits per heavy atom. The normalized spacial score (nSPS) is 18.5. The zero-order valence-electron chi connectivity index (χ0n) is 10.5. The third-order valence-electron chi connectivity index (χ3n) is 3.20. The number of unbranched alkanes of at least 4 members (excludes halogenated alkanes) is 1. The minimum absolute atomic E-state index is 0.0794. The lowest BCUT2D eigenvalue weighted by molar-refractivity contribution is -0.149. The van der Waals surface area contributed by atoms with Gasteiger partial charge in [0.15, 0.2) is 0 Å². The number of methoxy groups -OCH3 is 1. The topological polar surface area (TPSA) is 75.6 Å². The number of carbonyl (C=O) groups excluding carboxylic acids is 1. The van der Waals surface area contributed by atoms with Crippen LogP contribution >= 0.6 is 0 Å². The van der Waals surface area contributed by atoms with Gasteiger partial charge >= 0.3 is 5.97 Å². The van der Waals surface area contributed by atoms with Crippen LogP contribution in [0.25, 0.3) is 0 Å². The number of nitrogens with one attached hydrogen (secondary N) is 1. The Morgan fingerprint density at radius 1 is 1.47 bits per heavy atom. The van der Waals surface area contributed by atoms with Crippen molar-refractivity contribution in [2.75, 3.05) is 13.7 Å². The van der Waals surface area contributed by atoms with Gasteiger partial charge in [-0.3, -0.25) is 9.59 Å². The second-order valence-corrected chi connectivity index (χ2v) is 4.66. The number of ether oxygens (including phenoxy) is 1. The molecule has 1 aliphatic rings. The summed E-state index contributed by atoms with van der Waals surface area (Å²) >= 11 is 0. The van der Waals surface area contributed by atoms with E-state index in [1.54, 1.807) is 7.11 Å². The van der Waals surface area contributed by atoms with E-state index >= 15 is 0 Å². The van der Waals surface area contributed by atoms with Crippen molar-refractivity contribution >= 4 is 11.9 Å². The summed E-state index contributed by atoms with van der Waals surface area (Å²) in [6.07, 6.45) is 3.75. The molecule has 0 saturated heterocycles. The van der Waals surface area contributed by atoms with Crippen LogP contribution in [-0.2, 0) is 14.3 Å². The summed E-state index contributed by atoms with van der Waals surface area (Å²) in [5.74, 6) is -1.37. The molecule has 0 aromatic heterocycles. The first-order valence-corrected chi connectivity index (χ1v) is 6.10. The second kappa shape index (κ2) is 6.00. The van der Waals surface area contributed by atoms with Crippen molar-refractivity contribution in [3.05, 3.63) is 0 Å². The molecule has 0 heterocycles. The molecule has 1 amide bonds. The maximum atomic E-state index is 11.9. The van der Waals surface area contributed by atoms with Crippen molar-refractivity contribution in [3.63, 3.8) is 0 Å². The van der Waals surface area contributed by atoms with Crippen molar-refractivity contribution in [1.29, 1.82) is 0 Å². The van der Waals surface area contributed by atoms with Crippen LogP contribution in [0.1, 0.15) is 39.0 Å². The largest absolute Gasteiger partial charge is 0.480 e. The minimum atomic E-state index is -1.15. The van der Waals surface area contributed by atoms with E-state index in [-0.39, 0.29) is 11.9 Å². The van der Waals surface area contributed by atoms with E-state index in [9.17, 15) is 9.59 Å². The fourth-order valence-corrected chi connectivity index (χ4v) is 1.84. The third kappa shape index (κ3) is 3.43. The molecule has 0 radical (unpaired) electrons. The van der Waals surface area contributed by atoms with E-state index in [0.717, 1.165) is 19.3 Å². The molecule has 0 spiro atoms. The summed E-state index contributed by atoms with van der Waals surface area (Å²) in [6, 6.07) is -0.0794. The maximum absolute atomic E-state index is 11.9. The quantitative estimate of drug-likeness (QED) is 0.627. The standard InChI is InChI=1S/C12H21NO4/c1-3-4-5-9(8-17-2)13-10(14)12(6-7-12)11(15)16/h9H,3-8H2,1-2H3,(H,13,14)(H,15,16). The molecular formula is C12H21NO4. The molecule has 2 N–H and O–H groups in total. The summed E-state index contributed by atoms with van der Waals surface area (Å²) in [6.45, 7) is 2.51. The van der Waals surface area contributed by atoms with Gasteiger partial charge in [0, 0.05) is 7.11 Å². The highest BCUT2D eigenvalue weighted by molar-refractivity contribution is 6.04. The zero-order valence-corrected chi connectivity index (χ0v) is 10.5. The predicted molar refractivity (Wildman–Crippen MR) is 62.6 cm³/mol. The predicted octanol–water partition coefficient (Wildman–Crippen LogP) is 1.17. The monoisotopic (exact) mass is 243 g/mol. The summed E-state index contributed by atoms with van der Waals surface area (Å²) in [5, 5.41) is 11.8. The number of amides is 1. The van der Waals surface area contributed by atoms with Crippen LogP contribution in [0.2, 0.25) is 0 Å². The van der Waals surface area contributed by atoms with Crippen LogP contribution in [-0.4, -0.2) is 36.7 Å². The van der Waals surface area contributed by atoms with E-state index in [1.165, 1.54) is 0 Å². The number of carbonyl (C=O) groups is 2. The lowest BCUT2D eigenvalue weighted by Crippen LogP contribution is -2.44. The van der Waals surface area contributed by atoms with E-state index < -0.39 is 11.4 Å². The average Bonchev–Trinajstić information content (AvgIpc) is 3.07. The van der Waals surface area contributed by atoms with Gasteiger partial charge < -0.3 is 15.2 Å². The van der Waals surface area contributed by atoms with E-state index in [2.05, 4.69) is 12.2 Å². The van der Waals surface area contributed by atoms with Crippen molar-refractivity contribution in [2.45, 2.75) is 45.1 Å². The third-order valence-corrected chi connectivity index (χ3v) is 3.20. The number of aliphatic carboxylic acids is 1. The second-order valence-electron chi connectivity index (χ2n) is 4.66. The lowest BCUT2D eigenvalue weighted by Gasteiger charge is -2.20. The lowest BCUT2D eigenvalue weighted by atomic mass is 10.0. The molecule has 0 bridgehead atoms. The van der Waals surface area contributed by atoms with Crippen LogP contribution in [0.4, 0.5) is 0 Å². The number of rotatable bonds is 8. The van der Waals surface area contributed by atoms with Gasteiger partial charge in [0.25, 0.3) is 0 Å². The Bertz CT molecular complexity index is 286. The average molecular weight is 243 g/mol. The molecule has 17 heavy (non-hydrogen) atoms. The first-order chi connectivity index (χ1) is 8.06. The Labute approximate surface area is 102 Å². The highest BCUT2D eigenvalue weighted by atomic mass is 16.5. The van der Waals surface area contributed by atoms with Crippen LogP contribution in [0.5, 0.6) is 0 Å². The van der Waals surface area contributed by atoms with Gasteiger partial charge in [0.05, 0.1) is 12.6 Å². The fraction of sp³-hybridized carbons (Fsp3) is 0.833. The van der Waals surface area contributed by atoms with Crippen molar-refractivity contribution in [3.8, 4) is 0 Å². The molecule has 1 rings (SSSR count). The molecule has 5 nitrogen and oxygen atoms in total. The van der Waals surface area contributed by atoms with Gasteiger partial charge in [-0.25, -0.2) is 0 Å². The molecule has 5 heteroatoms. The number of hydrogen-bond acceptors (Lipinski definition) is 3. The highest BCUT2D eigenvalue weighted by Crippen LogP contribution is 2.46. The maximum Gasteiger partial charge on any atom is 0.319 e. The number of carboxylic acids is 1. The van der Waals surface area contributed by atoms with Gasteiger partial charge in [-0.2, -0.15) is 0 Å². The molecular weight excluding hydrogens is 222 g/mol. The van der Waals surface area contributed by atoms with Gasteiger partial charge in [-0.05, 0) is 19.3 Å². The highest BCUT2D eigenvalue weighted by Gasteiger charge is 2.57. The molecule has 1 atom stereocenters. The molecule has 0 aromatic rings. The molecule has 1 aliphatic carbocycles. The Kier molecular flexibility index (Phi) is 4.93. The van der Waals surface area contributed by atoms with Crippen molar-refractivity contribution in [1.82, 2.24) is 5.32 Å². The van der Waals surface area contributed by atoms with Crippen molar-refractivity contribution < 1.29 is 19.4 Å². The molecule has 98 valence electrons. The molecule has 1 unspecified atom stereocenters. The first kappa shape index (κ1) is 14.0. The van der Waals surface area contributed by atoms with Gasteiger partial charge in [-0.15, -0.1) is 0 Å². The fourth-order valence-electron chi connectivity index (χ4n) is 1.84. The van der Waals surface area contributed by atoms with E-state index in [1.807, 2.05) is 0 Å². The molecule has 0 aliphatic heterocycles. The van der Waals surface area contributed by atoms with Crippen LogP contribution in [0, 0.1) is 5.41 Å². The van der Waals surface area contributed by atoms with Crippen LogP contribution < -0.4 is 5.32 Å². The first-order valence-electron chi connectivity index (χ1n) is 6.10. The molecule has 0 aromatic carbocycles. The number of hydrogen-bond donors (Lipinski definition) is 2. The smallest absolute Gasteiger partial charge is 0.319 e. The van der Waals surface area contributed by atoms with Gasteiger partial charge in [0.1, 0.15) is 5.41 Å². The van der Waals surface area contributed by atoms with Gasteiger partial charge in [-0.1, -0.05) is 19.8 Å². The van der Waals surface area contributed by atoms with E-state index in [4.69, 9.17) is 9.84 Å².